The van der Waals surface area contributed by atoms with E-state index in [0.29, 0.717) is 12.8 Å². The van der Waals surface area contributed by atoms with Gasteiger partial charge in [-0.15, -0.1) is 4.72 Å². The third kappa shape index (κ3) is 4.97. The lowest BCUT2D eigenvalue weighted by Crippen LogP contribution is -2.55. The van der Waals surface area contributed by atoms with E-state index < -0.39 is 43.6 Å². The molecule has 5 nitrogen and oxygen atoms in total. The van der Waals surface area contributed by atoms with Gasteiger partial charge in [0.05, 0.1) is 11.2 Å². The van der Waals surface area contributed by atoms with Crippen molar-refractivity contribution in [2.75, 3.05) is 0 Å². The number of hydrogen-bond acceptors (Lipinski definition) is 5. The largest absolute Gasteiger partial charge is 0.598 e. The molecular weight excluding hydrogens is 365 g/mol. The lowest BCUT2D eigenvalue weighted by Gasteiger charge is -2.33. The van der Waals surface area contributed by atoms with Gasteiger partial charge in [0.15, 0.2) is 0 Å². The van der Waals surface area contributed by atoms with E-state index in [9.17, 15) is 13.0 Å². The van der Waals surface area contributed by atoms with Crippen LogP contribution in [0.2, 0.25) is 0 Å². The zero-order valence-corrected chi connectivity index (χ0v) is 16.1. The Labute approximate surface area is 151 Å². The minimum Gasteiger partial charge on any atom is -0.598 e. The SMILES string of the molecule is CC(C)(C)[S@@+]([O-])N[C@H](C(F)S(=O)(=O)c1ccccc1)[C@@H]1CCC=CO1. The minimum atomic E-state index is -4.25. The van der Waals surface area contributed by atoms with Crippen molar-refractivity contribution in [2.24, 2.45) is 0 Å². The number of allylic oxidation sites excluding steroid dienone is 1. The van der Waals surface area contributed by atoms with Gasteiger partial charge >= 0.3 is 0 Å². The number of sulfone groups is 1. The van der Waals surface area contributed by atoms with Crippen molar-refractivity contribution < 1.29 is 22.1 Å². The summed E-state index contributed by atoms with van der Waals surface area (Å²) in [6.45, 7) is 5.19. The Morgan fingerprint density at radius 3 is 2.48 bits per heavy atom. The topological polar surface area (TPSA) is 78.5 Å². The van der Waals surface area contributed by atoms with E-state index in [2.05, 4.69) is 4.72 Å². The summed E-state index contributed by atoms with van der Waals surface area (Å²) in [6.07, 6.45) is 3.59. The third-order valence-electron chi connectivity index (χ3n) is 3.82. The highest BCUT2D eigenvalue weighted by Gasteiger charge is 2.44. The number of nitrogens with one attached hydrogen (secondary N) is 1. The van der Waals surface area contributed by atoms with E-state index in [1.54, 1.807) is 32.9 Å². The molecule has 0 spiro atoms. The van der Waals surface area contributed by atoms with Crippen LogP contribution in [0.4, 0.5) is 4.39 Å². The van der Waals surface area contributed by atoms with Crippen LogP contribution in [0.25, 0.3) is 0 Å². The Morgan fingerprint density at radius 1 is 1.32 bits per heavy atom. The molecule has 2 rings (SSSR count). The van der Waals surface area contributed by atoms with Crippen molar-refractivity contribution in [3.63, 3.8) is 0 Å². The molecule has 1 aliphatic rings. The van der Waals surface area contributed by atoms with Gasteiger partial charge in [-0.3, -0.25) is 0 Å². The third-order valence-corrected chi connectivity index (χ3v) is 7.23. The van der Waals surface area contributed by atoms with Crippen molar-refractivity contribution in [3.05, 3.63) is 42.7 Å². The maximum Gasteiger partial charge on any atom is 0.228 e. The van der Waals surface area contributed by atoms with Gasteiger partial charge in [0.1, 0.15) is 16.9 Å². The van der Waals surface area contributed by atoms with Crippen LogP contribution < -0.4 is 4.72 Å². The first-order valence-corrected chi connectivity index (χ1v) is 10.7. The van der Waals surface area contributed by atoms with E-state index >= 15 is 4.39 Å². The van der Waals surface area contributed by atoms with E-state index in [4.69, 9.17) is 4.74 Å². The summed E-state index contributed by atoms with van der Waals surface area (Å²) < 4.78 is 60.4. The molecular formula is C17H24FNO4S2. The Kier molecular flexibility index (Phi) is 6.53. The Balaban J connectivity index is 2.32. The predicted molar refractivity (Wildman–Crippen MR) is 96.6 cm³/mol. The molecule has 4 atom stereocenters. The fourth-order valence-corrected chi connectivity index (χ4v) is 4.73. The molecule has 1 aromatic carbocycles. The van der Waals surface area contributed by atoms with Crippen LogP contribution in [0.5, 0.6) is 0 Å². The number of ether oxygens (including phenoxy) is 1. The number of benzene rings is 1. The van der Waals surface area contributed by atoms with Crippen LogP contribution in [0.3, 0.4) is 0 Å². The van der Waals surface area contributed by atoms with Crippen molar-refractivity contribution >= 4 is 21.2 Å². The molecule has 1 aliphatic heterocycles. The van der Waals surface area contributed by atoms with E-state index in [1.807, 2.05) is 0 Å². The summed E-state index contributed by atoms with van der Waals surface area (Å²) >= 11 is -1.64. The van der Waals surface area contributed by atoms with Gasteiger partial charge < -0.3 is 9.29 Å². The van der Waals surface area contributed by atoms with Crippen LogP contribution >= 0.6 is 0 Å². The molecule has 1 unspecified atom stereocenters. The standard InChI is InChI=1S/C17H24FNO4S2/c1-17(2,3)24(20)19-15(14-11-7-8-12-23-14)16(18)25(21,22)13-9-5-4-6-10-13/h4-6,8-10,12,14-16,19H,7,11H2,1-3H3/t14-,15-,16?,24+/m0/s1. The highest BCUT2D eigenvalue weighted by molar-refractivity contribution is 7.92. The normalized spacial score (nSPS) is 22.0. The second-order valence-corrected chi connectivity index (χ2v) is 10.9. The molecule has 25 heavy (non-hydrogen) atoms. The van der Waals surface area contributed by atoms with Gasteiger partial charge in [0.25, 0.3) is 0 Å². The average molecular weight is 390 g/mol. The Bertz CT molecular complexity index is 688. The van der Waals surface area contributed by atoms with E-state index in [-0.39, 0.29) is 4.90 Å². The zero-order chi connectivity index (χ0) is 18.7. The summed E-state index contributed by atoms with van der Waals surface area (Å²) in [5.74, 6) is 0. The second-order valence-electron chi connectivity index (χ2n) is 6.86. The van der Waals surface area contributed by atoms with Gasteiger partial charge in [0.2, 0.25) is 15.3 Å². The molecule has 140 valence electrons. The van der Waals surface area contributed by atoms with Crippen molar-refractivity contribution in [1.82, 2.24) is 4.72 Å². The lowest BCUT2D eigenvalue weighted by atomic mass is 10.1. The molecule has 0 aliphatic carbocycles. The summed E-state index contributed by atoms with van der Waals surface area (Å²) in [4.78, 5) is -0.109. The van der Waals surface area contributed by atoms with Crippen LogP contribution in [0.15, 0.2) is 47.6 Å². The van der Waals surface area contributed by atoms with Crippen LogP contribution in [0.1, 0.15) is 33.6 Å². The summed E-state index contributed by atoms with van der Waals surface area (Å²) in [7, 11) is -4.25. The molecule has 0 radical (unpaired) electrons. The number of alkyl halides is 1. The molecule has 1 N–H and O–H groups in total. The molecule has 0 amide bonds. The van der Waals surface area contributed by atoms with E-state index in [1.165, 1.54) is 30.5 Å². The summed E-state index contributed by atoms with van der Waals surface area (Å²) in [5.41, 5.74) is -2.28. The highest BCUT2D eigenvalue weighted by Crippen LogP contribution is 2.27. The minimum absolute atomic E-state index is 0.109. The van der Waals surface area contributed by atoms with Crippen molar-refractivity contribution in [3.8, 4) is 0 Å². The quantitative estimate of drug-likeness (QED) is 0.757. The maximum atomic E-state index is 15.2. The van der Waals surface area contributed by atoms with Crippen molar-refractivity contribution in [2.45, 2.75) is 60.9 Å². The van der Waals surface area contributed by atoms with Gasteiger partial charge in [-0.25, -0.2) is 12.8 Å². The van der Waals surface area contributed by atoms with Gasteiger partial charge in [-0.05, 0) is 51.8 Å². The number of halogens is 1. The molecule has 0 aromatic heterocycles. The Morgan fingerprint density at radius 2 is 1.96 bits per heavy atom. The first-order chi connectivity index (χ1) is 11.6. The lowest BCUT2D eigenvalue weighted by molar-refractivity contribution is 0.0758. The first kappa shape index (κ1) is 20.2. The fraction of sp³-hybridized carbons (Fsp3) is 0.529. The average Bonchev–Trinajstić information content (AvgIpc) is 2.59. The molecule has 0 saturated heterocycles. The number of rotatable bonds is 6. The fourth-order valence-electron chi connectivity index (χ4n) is 2.35. The predicted octanol–water partition coefficient (Wildman–Crippen LogP) is 2.87. The molecule has 0 saturated carbocycles. The summed E-state index contributed by atoms with van der Waals surface area (Å²) in [5, 5.41) is 0. The molecule has 0 fully saturated rings. The molecule has 1 heterocycles. The van der Waals surface area contributed by atoms with Crippen LogP contribution in [-0.4, -0.2) is 35.4 Å². The van der Waals surface area contributed by atoms with E-state index in [0.717, 1.165) is 0 Å². The summed E-state index contributed by atoms with van der Waals surface area (Å²) in [6, 6.07) is 6.19. The smallest absolute Gasteiger partial charge is 0.228 e. The van der Waals surface area contributed by atoms with Gasteiger partial charge in [0, 0.05) is 11.4 Å². The van der Waals surface area contributed by atoms with Gasteiger partial charge in [-0.2, -0.15) is 0 Å². The van der Waals surface area contributed by atoms with Crippen LogP contribution in [0, 0.1) is 0 Å². The molecule has 1 aromatic rings. The molecule has 0 bridgehead atoms. The maximum absolute atomic E-state index is 15.2. The van der Waals surface area contributed by atoms with Crippen molar-refractivity contribution in [1.29, 1.82) is 0 Å². The highest BCUT2D eigenvalue weighted by atomic mass is 32.2. The first-order valence-electron chi connectivity index (χ1n) is 8.05. The van der Waals surface area contributed by atoms with Gasteiger partial charge in [-0.1, -0.05) is 18.2 Å². The number of hydrogen-bond donors (Lipinski definition) is 1. The second kappa shape index (κ2) is 8.07. The Hall–Kier alpha value is -1.09. The monoisotopic (exact) mass is 389 g/mol. The zero-order valence-electron chi connectivity index (χ0n) is 14.5. The molecule has 8 heteroatoms. The van der Waals surface area contributed by atoms with Crippen LogP contribution in [-0.2, 0) is 25.9 Å².